The molecule has 1 atom stereocenters. The van der Waals surface area contributed by atoms with Crippen LogP contribution in [0.2, 0.25) is 0 Å². The molecule has 0 amide bonds. The summed E-state index contributed by atoms with van der Waals surface area (Å²) < 4.78 is 1.61. The van der Waals surface area contributed by atoms with Crippen LogP contribution in [0.1, 0.15) is 67.4 Å². The molecule has 1 aromatic carbocycles. The highest BCUT2D eigenvalue weighted by Gasteiger charge is 2.34. The Morgan fingerprint density at radius 2 is 1.81 bits per heavy atom. The second-order valence-electron chi connectivity index (χ2n) is 7.49. The first-order valence-corrected chi connectivity index (χ1v) is 10.4. The fourth-order valence-electron chi connectivity index (χ4n) is 3.89. The molecule has 0 unspecified atom stereocenters. The number of benzene rings is 1. The van der Waals surface area contributed by atoms with E-state index >= 15 is 0 Å². The Balaban J connectivity index is 1.78. The molecule has 0 radical (unpaired) electrons. The van der Waals surface area contributed by atoms with E-state index in [-0.39, 0.29) is 11.9 Å². The smallest absolute Gasteiger partial charge is 0.235 e. The predicted octanol–water partition coefficient (Wildman–Crippen LogP) is 2.95. The molecule has 0 bridgehead atoms. The molecule has 0 spiro atoms. The second-order valence-corrected chi connectivity index (χ2v) is 8.49. The predicted molar refractivity (Wildman–Crippen MR) is 104 cm³/mol. The van der Waals surface area contributed by atoms with E-state index in [1.807, 2.05) is 6.92 Å². The Labute approximate surface area is 158 Å². The van der Waals surface area contributed by atoms with Gasteiger partial charge in [0.25, 0.3) is 0 Å². The van der Waals surface area contributed by atoms with E-state index in [4.69, 9.17) is 0 Å². The molecule has 3 aromatic rings. The summed E-state index contributed by atoms with van der Waals surface area (Å²) in [5.74, 6) is 1.57. The summed E-state index contributed by atoms with van der Waals surface area (Å²) in [4.78, 5) is 7.85. The first-order valence-electron chi connectivity index (χ1n) is 9.60. The Hall–Kier alpha value is -1.92. The van der Waals surface area contributed by atoms with E-state index in [0.29, 0.717) is 5.92 Å². The summed E-state index contributed by atoms with van der Waals surface area (Å²) in [7, 11) is 0. The minimum Gasteiger partial charge on any atom is -0.492 e. The third kappa shape index (κ3) is 3.01. The van der Waals surface area contributed by atoms with E-state index < -0.39 is 0 Å². The van der Waals surface area contributed by atoms with Crippen LogP contribution in [-0.2, 0) is 6.42 Å². The van der Waals surface area contributed by atoms with Gasteiger partial charge < -0.3 is 10.0 Å². The molecule has 0 saturated carbocycles. The lowest BCUT2D eigenvalue weighted by Crippen LogP contribution is -3.10. The van der Waals surface area contributed by atoms with Gasteiger partial charge in [0.05, 0.1) is 13.1 Å². The standard InChI is InChI=1S/C20H26N4OS/c1-4-16-21-20-24(22-16)19(25)18(26-20)17(23-11-5-6-12-23)15-9-7-14(8-10-15)13(2)3/h7-10,13,17,25H,4-6,11-12H2,1-3H3/p+1/t17-/m1/s1. The molecule has 5 nitrogen and oxygen atoms in total. The van der Waals surface area contributed by atoms with Gasteiger partial charge in [0.1, 0.15) is 4.88 Å². The van der Waals surface area contributed by atoms with Crippen LogP contribution in [0.25, 0.3) is 4.96 Å². The van der Waals surface area contributed by atoms with E-state index in [9.17, 15) is 5.11 Å². The maximum Gasteiger partial charge on any atom is 0.235 e. The molecule has 2 aromatic heterocycles. The van der Waals surface area contributed by atoms with Gasteiger partial charge in [-0.2, -0.15) is 4.52 Å². The summed E-state index contributed by atoms with van der Waals surface area (Å²) in [5, 5.41) is 15.3. The number of aromatic hydroxyl groups is 1. The third-order valence-electron chi connectivity index (χ3n) is 5.41. The van der Waals surface area contributed by atoms with Crippen molar-refractivity contribution in [2.24, 2.45) is 0 Å². The minimum absolute atomic E-state index is 0.150. The van der Waals surface area contributed by atoms with Crippen molar-refractivity contribution in [3.63, 3.8) is 0 Å². The van der Waals surface area contributed by atoms with Crippen LogP contribution in [0.3, 0.4) is 0 Å². The molecule has 4 rings (SSSR count). The van der Waals surface area contributed by atoms with E-state index in [2.05, 4.69) is 48.2 Å². The molecule has 1 saturated heterocycles. The fraction of sp³-hybridized carbons (Fsp3) is 0.500. The van der Waals surface area contributed by atoms with Crippen LogP contribution in [0.5, 0.6) is 5.88 Å². The normalized spacial score (nSPS) is 16.8. The number of fused-ring (bicyclic) bond motifs is 1. The zero-order valence-electron chi connectivity index (χ0n) is 15.7. The lowest BCUT2D eigenvalue weighted by Gasteiger charge is -2.24. The Bertz CT molecular complexity index is 891. The van der Waals surface area contributed by atoms with Gasteiger partial charge in [-0.15, -0.1) is 5.10 Å². The van der Waals surface area contributed by atoms with Gasteiger partial charge in [0.2, 0.25) is 10.8 Å². The molecule has 1 aliphatic heterocycles. The monoisotopic (exact) mass is 371 g/mol. The van der Waals surface area contributed by atoms with E-state index in [1.165, 1.54) is 28.9 Å². The highest BCUT2D eigenvalue weighted by Crippen LogP contribution is 2.35. The number of rotatable bonds is 5. The molecule has 6 heteroatoms. The molecule has 2 N–H and O–H groups in total. The molecule has 138 valence electrons. The van der Waals surface area contributed by atoms with Gasteiger partial charge in [-0.3, -0.25) is 0 Å². The van der Waals surface area contributed by atoms with Crippen molar-refractivity contribution in [3.8, 4) is 5.88 Å². The van der Waals surface area contributed by atoms with Crippen molar-refractivity contribution in [1.29, 1.82) is 0 Å². The second kappa shape index (κ2) is 7.00. The van der Waals surface area contributed by atoms with Crippen LogP contribution >= 0.6 is 11.3 Å². The van der Waals surface area contributed by atoms with Crippen molar-refractivity contribution in [2.75, 3.05) is 13.1 Å². The Kier molecular flexibility index (Phi) is 4.71. The van der Waals surface area contributed by atoms with Crippen LogP contribution < -0.4 is 4.90 Å². The Morgan fingerprint density at radius 1 is 1.15 bits per heavy atom. The fourth-order valence-corrected chi connectivity index (χ4v) is 5.05. The highest BCUT2D eigenvalue weighted by molar-refractivity contribution is 7.17. The third-order valence-corrected chi connectivity index (χ3v) is 6.50. The van der Waals surface area contributed by atoms with Gasteiger partial charge >= 0.3 is 0 Å². The van der Waals surface area contributed by atoms with Crippen LogP contribution in [-0.4, -0.2) is 32.8 Å². The van der Waals surface area contributed by atoms with Crippen molar-refractivity contribution < 1.29 is 10.0 Å². The highest BCUT2D eigenvalue weighted by atomic mass is 32.1. The molecule has 1 aliphatic rings. The van der Waals surface area contributed by atoms with Gasteiger partial charge in [0, 0.05) is 24.8 Å². The summed E-state index contributed by atoms with van der Waals surface area (Å²) in [5.41, 5.74) is 2.62. The number of aryl methyl sites for hydroxylation is 1. The van der Waals surface area contributed by atoms with Crippen LogP contribution in [0.4, 0.5) is 0 Å². The molecular weight excluding hydrogens is 344 g/mol. The number of hydrogen-bond acceptors (Lipinski definition) is 4. The van der Waals surface area contributed by atoms with Crippen LogP contribution in [0.15, 0.2) is 24.3 Å². The summed E-state index contributed by atoms with van der Waals surface area (Å²) in [6.07, 6.45) is 3.27. The average molecular weight is 372 g/mol. The largest absolute Gasteiger partial charge is 0.492 e. The SMILES string of the molecule is CCc1nc2sc([C@@H](c3ccc(C(C)C)cc3)[NH+]3CCCC3)c(O)n2n1. The van der Waals surface area contributed by atoms with Gasteiger partial charge in [-0.1, -0.05) is 56.4 Å². The van der Waals surface area contributed by atoms with Gasteiger partial charge in [0.15, 0.2) is 11.9 Å². The maximum atomic E-state index is 10.9. The zero-order valence-corrected chi connectivity index (χ0v) is 16.5. The topological polar surface area (TPSA) is 54.9 Å². The number of likely N-dealkylation sites (tertiary alicyclic amines) is 1. The number of hydrogen-bond donors (Lipinski definition) is 2. The van der Waals surface area contributed by atoms with E-state index in [0.717, 1.165) is 35.2 Å². The molecule has 26 heavy (non-hydrogen) atoms. The van der Waals surface area contributed by atoms with Gasteiger partial charge in [-0.05, 0) is 11.5 Å². The summed E-state index contributed by atoms with van der Waals surface area (Å²) in [6, 6.07) is 9.07. The maximum absolute atomic E-state index is 10.9. The number of thiazole rings is 1. The number of quaternary nitrogens is 1. The first-order chi connectivity index (χ1) is 12.6. The minimum atomic E-state index is 0.150. The lowest BCUT2D eigenvalue weighted by molar-refractivity contribution is -0.913. The van der Waals surface area contributed by atoms with Crippen molar-refractivity contribution >= 4 is 16.3 Å². The molecular formula is C20H27N4OS+. The van der Waals surface area contributed by atoms with Crippen molar-refractivity contribution in [3.05, 3.63) is 46.1 Å². The number of aromatic nitrogens is 3. The average Bonchev–Trinajstić information content (AvgIpc) is 3.35. The molecule has 1 fully saturated rings. The molecule has 0 aliphatic carbocycles. The zero-order chi connectivity index (χ0) is 18.3. The van der Waals surface area contributed by atoms with Crippen LogP contribution in [0, 0.1) is 0 Å². The van der Waals surface area contributed by atoms with Crippen molar-refractivity contribution in [1.82, 2.24) is 14.6 Å². The number of nitrogens with zero attached hydrogens (tertiary/aromatic N) is 3. The van der Waals surface area contributed by atoms with E-state index in [1.54, 1.807) is 15.9 Å². The summed E-state index contributed by atoms with van der Waals surface area (Å²) >= 11 is 1.58. The number of nitrogens with one attached hydrogen (secondary N) is 1. The Morgan fingerprint density at radius 3 is 2.38 bits per heavy atom. The van der Waals surface area contributed by atoms with Gasteiger partial charge in [-0.25, -0.2) is 4.98 Å². The first kappa shape index (κ1) is 17.5. The van der Waals surface area contributed by atoms with Crippen molar-refractivity contribution in [2.45, 2.75) is 52.0 Å². The lowest BCUT2D eigenvalue weighted by atomic mass is 9.98. The quantitative estimate of drug-likeness (QED) is 0.725. The summed E-state index contributed by atoms with van der Waals surface area (Å²) in [6.45, 7) is 8.75. The molecule has 3 heterocycles.